The van der Waals surface area contributed by atoms with Gasteiger partial charge in [0.2, 0.25) is 0 Å². The minimum absolute atomic E-state index is 0.229. The lowest BCUT2D eigenvalue weighted by molar-refractivity contribution is -0.146. The van der Waals surface area contributed by atoms with Crippen molar-refractivity contribution < 1.29 is 14.7 Å². The van der Waals surface area contributed by atoms with Crippen molar-refractivity contribution in [1.82, 2.24) is 19.6 Å². The summed E-state index contributed by atoms with van der Waals surface area (Å²) >= 11 is 0. The topological polar surface area (TPSA) is 86.9 Å². The average Bonchev–Trinajstić information content (AvgIpc) is 3.11. The number of nitrogens with zero attached hydrogens (tertiary/aromatic N) is 3. The van der Waals surface area contributed by atoms with Gasteiger partial charge in [-0.15, -0.1) is 0 Å². The second-order valence-electron chi connectivity index (χ2n) is 5.92. The van der Waals surface area contributed by atoms with Crippen molar-refractivity contribution in [2.45, 2.75) is 19.9 Å². The summed E-state index contributed by atoms with van der Waals surface area (Å²) in [6, 6.07) is 3.60. The molecular weight excluding hydrogens is 284 g/mol. The maximum absolute atomic E-state index is 12.1. The molecule has 2 aromatic heterocycles. The maximum atomic E-state index is 12.1. The number of hydrogen-bond acceptors (Lipinski definition) is 3. The average molecular weight is 302 g/mol. The number of urea groups is 1. The summed E-state index contributed by atoms with van der Waals surface area (Å²) in [6.07, 6.45) is 5.94. The van der Waals surface area contributed by atoms with Crippen LogP contribution in [0.2, 0.25) is 0 Å². The van der Waals surface area contributed by atoms with Gasteiger partial charge in [0.1, 0.15) is 5.65 Å². The van der Waals surface area contributed by atoms with E-state index in [0.717, 1.165) is 11.2 Å². The predicted octanol–water partition coefficient (Wildman–Crippen LogP) is 1.34. The van der Waals surface area contributed by atoms with E-state index in [1.807, 2.05) is 28.9 Å². The second-order valence-corrected chi connectivity index (χ2v) is 5.92. The van der Waals surface area contributed by atoms with E-state index in [9.17, 15) is 14.7 Å². The van der Waals surface area contributed by atoms with Crippen molar-refractivity contribution >= 4 is 17.6 Å². The highest BCUT2D eigenvalue weighted by Gasteiger charge is 2.42. The number of nitrogens with one attached hydrogen (secondary N) is 1. The lowest BCUT2D eigenvalue weighted by atomic mass is 9.90. The fraction of sp³-hybridized carbons (Fsp3) is 0.400. The Kier molecular flexibility index (Phi) is 3.48. The minimum Gasteiger partial charge on any atom is -0.481 e. The summed E-state index contributed by atoms with van der Waals surface area (Å²) < 4.78 is 1.89. The van der Waals surface area contributed by atoms with Crippen LogP contribution in [0.1, 0.15) is 18.9 Å². The van der Waals surface area contributed by atoms with Gasteiger partial charge in [-0.2, -0.15) is 0 Å². The molecule has 0 saturated carbocycles. The van der Waals surface area contributed by atoms with E-state index < -0.39 is 11.4 Å². The summed E-state index contributed by atoms with van der Waals surface area (Å²) in [4.78, 5) is 29.1. The number of likely N-dealkylation sites (tertiary alicyclic amines) is 1. The summed E-state index contributed by atoms with van der Waals surface area (Å²) in [7, 11) is 0. The molecule has 0 bridgehead atoms. The first-order valence-electron chi connectivity index (χ1n) is 7.16. The molecule has 0 radical (unpaired) electrons. The molecule has 2 aromatic rings. The van der Waals surface area contributed by atoms with Crippen LogP contribution in [-0.2, 0) is 11.3 Å². The quantitative estimate of drug-likeness (QED) is 0.895. The molecule has 1 saturated heterocycles. The van der Waals surface area contributed by atoms with Gasteiger partial charge in [0.05, 0.1) is 5.41 Å². The lowest BCUT2D eigenvalue weighted by Crippen LogP contribution is -2.40. The number of rotatable bonds is 3. The SMILES string of the molecule is CC1(C(=O)O)CCN(C(=O)NCc2ccn3ccnc3c2)C1. The van der Waals surface area contributed by atoms with Crippen molar-refractivity contribution in [1.29, 1.82) is 0 Å². The van der Waals surface area contributed by atoms with Crippen molar-refractivity contribution in [3.8, 4) is 0 Å². The molecule has 22 heavy (non-hydrogen) atoms. The van der Waals surface area contributed by atoms with E-state index >= 15 is 0 Å². The van der Waals surface area contributed by atoms with Crippen LogP contribution in [0.5, 0.6) is 0 Å². The van der Waals surface area contributed by atoms with Gasteiger partial charge in [0, 0.05) is 38.2 Å². The molecule has 0 spiro atoms. The van der Waals surface area contributed by atoms with Crippen molar-refractivity contribution in [3.63, 3.8) is 0 Å². The monoisotopic (exact) mass is 302 g/mol. The predicted molar refractivity (Wildman–Crippen MR) is 79.4 cm³/mol. The zero-order chi connectivity index (χ0) is 15.7. The zero-order valence-corrected chi connectivity index (χ0v) is 12.3. The number of carboxylic acid groups (broad SMARTS) is 1. The number of carboxylic acids is 1. The van der Waals surface area contributed by atoms with Crippen LogP contribution in [0, 0.1) is 5.41 Å². The van der Waals surface area contributed by atoms with Gasteiger partial charge >= 0.3 is 12.0 Å². The maximum Gasteiger partial charge on any atom is 0.317 e. The molecule has 0 aliphatic carbocycles. The molecule has 1 unspecified atom stereocenters. The van der Waals surface area contributed by atoms with E-state index in [-0.39, 0.29) is 12.6 Å². The first-order valence-corrected chi connectivity index (χ1v) is 7.16. The van der Waals surface area contributed by atoms with E-state index in [4.69, 9.17) is 0 Å². The third kappa shape index (κ3) is 2.61. The zero-order valence-electron chi connectivity index (χ0n) is 12.3. The first kappa shape index (κ1) is 14.4. The molecule has 1 atom stereocenters. The number of fused-ring (bicyclic) bond motifs is 1. The molecular formula is C15H18N4O3. The van der Waals surface area contributed by atoms with E-state index in [1.54, 1.807) is 18.0 Å². The first-order chi connectivity index (χ1) is 10.5. The van der Waals surface area contributed by atoms with E-state index in [2.05, 4.69) is 10.3 Å². The lowest BCUT2D eigenvalue weighted by Gasteiger charge is -2.20. The molecule has 1 aliphatic rings. The number of imidazole rings is 1. The molecule has 2 amide bonds. The van der Waals surface area contributed by atoms with Gasteiger partial charge in [-0.1, -0.05) is 0 Å². The molecule has 2 N–H and O–H groups in total. The molecule has 1 aliphatic heterocycles. The van der Waals surface area contributed by atoms with Crippen LogP contribution in [0.15, 0.2) is 30.7 Å². The fourth-order valence-corrected chi connectivity index (χ4v) is 2.66. The molecule has 1 fully saturated rings. The van der Waals surface area contributed by atoms with Gasteiger partial charge in [0.25, 0.3) is 0 Å². The van der Waals surface area contributed by atoms with E-state index in [0.29, 0.717) is 19.5 Å². The smallest absolute Gasteiger partial charge is 0.317 e. The van der Waals surface area contributed by atoms with Gasteiger partial charge in [-0.3, -0.25) is 4.79 Å². The van der Waals surface area contributed by atoms with Crippen LogP contribution < -0.4 is 5.32 Å². The highest BCUT2D eigenvalue weighted by molar-refractivity contribution is 5.79. The number of carbonyl (C=O) groups is 2. The van der Waals surface area contributed by atoms with Crippen molar-refractivity contribution in [2.24, 2.45) is 5.41 Å². The van der Waals surface area contributed by atoms with Gasteiger partial charge < -0.3 is 19.7 Å². The standard InChI is InChI=1S/C15H18N4O3/c1-15(13(20)21)3-6-19(10-15)14(22)17-9-11-2-5-18-7-4-16-12(18)8-11/h2,4-5,7-8H,3,6,9-10H2,1H3,(H,17,22)(H,20,21). The van der Waals surface area contributed by atoms with Crippen LogP contribution in [0.3, 0.4) is 0 Å². The Labute approximate surface area is 127 Å². The summed E-state index contributed by atoms with van der Waals surface area (Å²) in [6.45, 7) is 2.78. The van der Waals surface area contributed by atoms with Crippen molar-refractivity contribution in [3.05, 3.63) is 36.3 Å². The fourth-order valence-electron chi connectivity index (χ4n) is 2.66. The van der Waals surface area contributed by atoms with Gasteiger partial charge in [-0.25, -0.2) is 9.78 Å². The molecule has 3 rings (SSSR count). The number of carbonyl (C=O) groups excluding carboxylic acids is 1. The Balaban J connectivity index is 1.59. The Bertz CT molecular complexity index is 726. The number of hydrogen-bond donors (Lipinski definition) is 2. The Morgan fingerprint density at radius 2 is 2.27 bits per heavy atom. The second kappa shape index (κ2) is 5.32. The molecule has 0 aromatic carbocycles. The molecule has 116 valence electrons. The highest BCUT2D eigenvalue weighted by atomic mass is 16.4. The van der Waals surface area contributed by atoms with Gasteiger partial charge in [0.15, 0.2) is 0 Å². The van der Waals surface area contributed by atoms with Crippen LogP contribution in [0.25, 0.3) is 5.65 Å². The third-order valence-corrected chi connectivity index (χ3v) is 4.18. The Hall–Kier alpha value is -2.57. The van der Waals surface area contributed by atoms with Gasteiger partial charge in [-0.05, 0) is 31.0 Å². The molecule has 3 heterocycles. The number of aliphatic carboxylic acids is 1. The van der Waals surface area contributed by atoms with Crippen molar-refractivity contribution in [2.75, 3.05) is 13.1 Å². The normalized spacial score (nSPS) is 21.2. The summed E-state index contributed by atoms with van der Waals surface area (Å²) in [5, 5.41) is 12.0. The van der Waals surface area contributed by atoms with Crippen LogP contribution >= 0.6 is 0 Å². The molecule has 7 heteroatoms. The number of pyridine rings is 1. The number of amides is 2. The highest BCUT2D eigenvalue weighted by Crippen LogP contribution is 2.29. The Morgan fingerprint density at radius 3 is 3.00 bits per heavy atom. The summed E-state index contributed by atoms with van der Waals surface area (Å²) in [5.41, 5.74) is 0.935. The largest absolute Gasteiger partial charge is 0.481 e. The van der Waals surface area contributed by atoms with Crippen LogP contribution in [0.4, 0.5) is 4.79 Å². The third-order valence-electron chi connectivity index (χ3n) is 4.18. The Morgan fingerprint density at radius 1 is 1.45 bits per heavy atom. The van der Waals surface area contributed by atoms with E-state index in [1.165, 1.54) is 0 Å². The molecule has 7 nitrogen and oxygen atoms in total. The van der Waals surface area contributed by atoms with Crippen LogP contribution in [-0.4, -0.2) is 44.5 Å². The summed E-state index contributed by atoms with van der Waals surface area (Å²) in [5.74, 6) is -0.854. The number of aromatic nitrogens is 2. The minimum atomic E-state index is -0.854.